The molecule has 0 saturated heterocycles. The topological polar surface area (TPSA) is 67.1 Å². The summed E-state index contributed by atoms with van der Waals surface area (Å²) in [6.45, 7) is 6.74. The van der Waals surface area contributed by atoms with E-state index < -0.39 is 0 Å². The Hall–Kier alpha value is -2.37. The monoisotopic (exact) mass is 328 g/mol. The molecule has 2 rings (SSSR count). The number of aromatic nitrogens is 3. The number of nitrogens with zero attached hydrogens (tertiary/aromatic N) is 4. The molecule has 0 unspecified atom stereocenters. The molecule has 2 aromatic heterocycles. The van der Waals surface area contributed by atoms with Gasteiger partial charge >= 0.3 is 0 Å². The van der Waals surface area contributed by atoms with Crippen molar-refractivity contribution in [1.29, 1.82) is 0 Å². The lowest BCUT2D eigenvalue weighted by molar-refractivity contribution is 0.647. The summed E-state index contributed by atoms with van der Waals surface area (Å²) in [7, 11) is 0. The van der Waals surface area contributed by atoms with Gasteiger partial charge in [0.15, 0.2) is 11.8 Å². The Bertz CT molecular complexity index is 606. The molecule has 0 saturated carbocycles. The highest BCUT2D eigenvalue weighted by Gasteiger charge is 2.01. The van der Waals surface area contributed by atoms with Crippen LogP contribution in [0.1, 0.15) is 45.1 Å². The molecule has 0 aliphatic rings. The second kappa shape index (κ2) is 10.4. The van der Waals surface area contributed by atoms with Crippen molar-refractivity contribution in [3.05, 3.63) is 42.4 Å². The number of unbranched alkanes of at least 4 members (excludes halogenated alkanes) is 3. The molecule has 0 spiro atoms. The molecule has 0 radical (unpaired) electrons. The van der Waals surface area contributed by atoms with Crippen molar-refractivity contribution >= 4 is 5.96 Å². The maximum absolute atomic E-state index is 4.66. The van der Waals surface area contributed by atoms with E-state index in [1.165, 1.54) is 25.7 Å². The summed E-state index contributed by atoms with van der Waals surface area (Å²) in [4.78, 5) is 9.01. The minimum absolute atomic E-state index is 0.612. The highest BCUT2D eigenvalue weighted by atomic mass is 15.3. The lowest BCUT2D eigenvalue weighted by atomic mass is 10.2. The standard InChI is InChI=1S/C18H28N6/c1-3-5-6-7-10-21-18(19-4-2)22-15-16-9-12-20-17(14-16)24-13-8-11-23-24/h8-9,11-14H,3-7,10,15H2,1-2H3,(H2,19,21,22). The van der Waals surface area contributed by atoms with Crippen LogP contribution in [0.2, 0.25) is 0 Å². The van der Waals surface area contributed by atoms with Crippen LogP contribution < -0.4 is 10.6 Å². The first-order valence-electron chi connectivity index (χ1n) is 8.80. The van der Waals surface area contributed by atoms with E-state index in [0.29, 0.717) is 6.54 Å². The van der Waals surface area contributed by atoms with Gasteiger partial charge in [0.1, 0.15) is 0 Å². The number of nitrogens with one attached hydrogen (secondary N) is 2. The van der Waals surface area contributed by atoms with Gasteiger partial charge in [-0.1, -0.05) is 26.2 Å². The Labute approximate surface area is 144 Å². The Kier molecular flexibility index (Phi) is 7.80. The van der Waals surface area contributed by atoms with E-state index in [0.717, 1.165) is 30.4 Å². The molecule has 0 amide bonds. The van der Waals surface area contributed by atoms with Crippen LogP contribution in [0, 0.1) is 0 Å². The third kappa shape index (κ3) is 6.02. The Morgan fingerprint density at radius 1 is 1.17 bits per heavy atom. The van der Waals surface area contributed by atoms with Crippen LogP contribution in [0.4, 0.5) is 0 Å². The lowest BCUT2D eigenvalue weighted by Crippen LogP contribution is -2.37. The predicted molar refractivity (Wildman–Crippen MR) is 98.3 cm³/mol. The van der Waals surface area contributed by atoms with E-state index in [1.54, 1.807) is 17.1 Å². The summed E-state index contributed by atoms with van der Waals surface area (Å²) in [6.07, 6.45) is 10.4. The van der Waals surface area contributed by atoms with Gasteiger partial charge in [-0.15, -0.1) is 0 Å². The number of hydrogen-bond donors (Lipinski definition) is 2. The summed E-state index contributed by atoms with van der Waals surface area (Å²) >= 11 is 0. The van der Waals surface area contributed by atoms with Crippen molar-refractivity contribution in [2.45, 2.75) is 46.1 Å². The SMILES string of the molecule is CCCCCCNC(=NCc1ccnc(-n2cccn2)c1)NCC. The average Bonchev–Trinajstić information content (AvgIpc) is 3.14. The maximum Gasteiger partial charge on any atom is 0.191 e. The minimum Gasteiger partial charge on any atom is -0.357 e. The number of rotatable bonds is 9. The summed E-state index contributed by atoms with van der Waals surface area (Å²) < 4.78 is 1.75. The fourth-order valence-electron chi connectivity index (χ4n) is 2.36. The molecule has 2 N–H and O–H groups in total. The molecule has 130 valence electrons. The van der Waals surface area contributed by atoms with Crippen molar-refractivity contribution in [3.63, 3.8) is 0 Å². The molecule has 6 heteroatoms. The molecular weight excluding hydrogens is 300 g/mol. The van der Waals surface area contributed by atoms with E-state index in [-0.39, 0.29) is 0 Å². The van der Waals surface area contributed by atoms with Crippen LogP contribution >= 0.6 is 0 Å². The number of guanidine groups is 1. The van der Waals surface area contributed by atoms with Gasteiger partial charge in [-0.25, -0.2) is 14.7 Å². The lowest BCUT2D eigenvalue weighted by Gasteiger charge is -2.11. The van der Waals surface area contributed by atoms with Crippen LogP contribution in [0.3, 0.4) is 0 Å². The first kappa shape index (κ1) is 18.0. The van der Waals surface area contributed by atoms with Crippen molar-refractivity contribution in [1.82, 2.24) is 25.4 Å². The van der Waals surface area contributed by atoms with Gasteiger partial charge in [0.2, 0.25) is 0 Å². The van der Waals surface area contributed by atoms with Gasteiger partial charge in [-0.05, 0) is 37.1 Å². The second-order valence-corrected chi connectivity index (χ2v) is 5.66. The van der Waals surface area contributed by atoms with Crippen molar-refractivity contribution in [2.24, 2.45) is 4.99 Å². The predicted octanol–water partition coefficient (Wildman–Crippen LogP) is 2.90. The van der Waals surface area contributed by atoms with E-state index in [2.05, 4.69) is 39.6 Å². The van der Waals surface area contributed by atoms with E-state index in [4.69, 9.17) is 0 Å². The first-order chi connectivity index (χ1) is 11.8. The van der Waals surface area contributed by atoms with Crippen molar-refractivity contribution in [2.75, 3.05) is 13.1 Å². The summed E-state index contributed by atoms with van der Waals surface area (Å²) in [5.41, 5.74) is 1.11. The van der Waals surface area contributed by atoms with Crippen molar-refractivity contribution in [3.8, 4) is 5.82 Å². The quantitative estimate of drug-likeness (QED) is 0.422. The third-order valence-corrected chi connectivity index (χ3v) is 3.64. The highest BCUT2D eigenvalue weighted by molar-refractivity contribution is 5.79. The fraction of sp³-hybridized carbons (Fsp3) is 0.500. The van der Waals surface area contributed by atoms with Crippen LogP contribution in [0.25, 0.3) is 5.82 Å². The van der Waals surface area contributed by atoms with Gasteiger partial charge < -0.3 is 10.6 Å². The Morgan fingerprint density at radius 3 is 2.83 bits per heavy atom. The minimum atomic E-state index is 0.612. The first-order valence-corrected chi connectivity index (χ1v) is 8.80. The Balaban J connectivity index is 1.91. The van der Waals surface area contributed by atoms with Crippen molar-refractivity contribution < 1.29 is 0 Å². The van der Waals surface area contributed by atoms with Crippen LogP contribution in [0.15, 0.2) is 41.8 Å². The molecule has 0 atom stereocenters. The van der Waals surface area contributed by atoms with Crippen LogP contribution in [-0.2, 0) is 6.54 Å². The van der Waals surface area contributed by atoms with E-state index in [9.17, 15) is 0 Å². The normalized spacial score (nSPS) is 11.5. The Morgan fingerprint density at radius 2 is 2.08 bits per heavy atom. The molecule has 0 aromatic carbocycles. The zero-order valence-electron chi connectivity index (χ0n) is 14.7. The van der Waals surface area contributed by atoms with Gasteiger partial charge in [-0.2, -0.15) is 5.10 Å². The van der Waals surface area contributed by atoms with Gasteiger partial charge in [0.25, 0.3) is 0 Å². The average molecular weight is 328 g/mol. The van der Waals surface area contributed by atoms with Gasteiger partial charge in [0, 0.05) is 31.7 Å². The molecule has 0 bridgehead atoms. The van der Waals surface area contributed by atoms with Gasteiger partial charge in [-0.3, -0.25) is 0 Å². The molecule has 2 heterocycles. The third-order valence-electron chi connectivity index (χ3n) is 3.64. The van der Waals surface area contributed by atoms with Gasteiger partial charge in [0.05, 0.1) is 6.54 Å². The molecular formula is C18H28N6. The van der Waals surface area contributed by atoms with Crippen LogP contribution in [0.5, 0.6) is 0 Å². The molecule has 0 fully saturated rings. The number of hydrogen-bond acceptors (Lipinski definition) is 3. The summed E-state index contributed by atoms with van der Waals surface area (Å²) in [5.74, 6) is 1.68. The molecule has 6 nitrogen and oxygen atoms in total. The molecule has 2 aromatic rings. The van der Waals surface area contributed by atoms with Crippen LogP contribution in [-0.4, -0.2) is 33.8 Å². The smallest absolute Gasteiger partial charge is 0.191 e. The zero-order valence-corrected chi connectivity index (χ0v) is 14.7. The molecule has 24 heavy (non-hydrogen) atoms. The number of pyridine rings is 1. The highest BCUT2D eigenvalue weighted by Crippen LogP contribution is 2.07. The largest absolute Gasteiger partial charge is 0.357 e. The zero-order chi connectivity index (χ0) is 17.0. The van der Waals surface area contributed by atoms with E-state index in [1.807, 2.05) is 24.4 Å². The molecule has 0 aliphatic carbocycles. The molecule has 0 aliphatic heterocycles. The summed E-state index contributed by atoms with van der Waals surface area (Å²) in [6, 6.07) is 5.89. The maximum atomic E-state index is 4.66. The number of aliphatic imine (C=N–C) groups is 1. The fourth-order valence-corrected chi connectivity index (χ4v) is 2.36. The summed E-state index contributed by atoms with van der Waals surface area (Å²) in [5, 5.41) is 10.9. The second-order valence-electron chi connectivity index (χ2n) is 5.66. The van der Waals surface area contributed by atoms with E-state index >= 15 is 0 Å².